The van der Waals surface area contributed by atoms with Crippen molar-refractivity contribution in [3.05, 3.63) is 35.5 Å². The second-order valence-electron chi connectivity index (χ2n) is 8.92. The molecule has 7 heteroatoms. The number of nitrogens with one attached hydrogen (secondary N) is 3. The number of carbonyl (C=O) groups is 3. The Labute approximate surface area is 176 Å². The zero-order valence-corrected chi connectivity index (χ0v) is 17.9. The second-order valence-corrected chi connectivity index (χ2v) is 8.92. The number of benzene rings is 1. The third kappa shape index (κ3) is 3.46. The van der Waals surface area contributed by atoms with Crippen molar-refractivity contribution in [1.29, 1.82) is 0 Å². The van der Waals surface area contributed by atoms with Crippen molar-refractivity contribution >= 4 is 28.7 Å². The molecule has 1 aliphatic heterocycles. The van der Waals surface area contributed by atoms with Gasteiger partial charge in [0.05, 0.1) is 0 Å². The highest BCUT2D eigenvalue weighted by molar-refractivity contribution is 6.09. The van der Waals surface area contributed by atoms with E-state index in [2.05, 4.69) is 34.7 Å². The lowest BCUT2D eigenvalue weighted by atomic mass is 9.73. The molecule has 2 aromatic rings. The smallest absolute Gasteiger partial charge is 0.325 e. The van der Waals surface area contributed by atoms with Crippen LogP contribution in [0, 0.1) is 12.8 Å². The van der Waals surface area contributed by atoms with Gasteiger partial charge in [-0.05, 0) is 50.2 Å². The number of amides is 4. The molecule has 4 rings (SSSR count). The summed E-state index contributed by atoms with van der Waals surface area (Å²) >= 11 is 0. The predicted octanol–water partition coefficient (Wildman–Crippen LogP) is 3.02. The minimum Gasteiger partial charge on any atom is -0.361 e. The van der Waals surface area contributed by atoms with Gasteiger partial charge >= 0.3 is 6.03 Å². The van der Waals surface area contributed by atoms with E-state index in [1.807, 2.05) is 26.1 Å². The fourth-order valence-corrected chi connectivity index (χ4v) is 5.02. The molecule has 1 spiro atoms. The largest absolute Gasteiger partial charge is 0.361 e. The van der Waals surface area contributed by atoms with Crippen LogP contribution in [0.1, 0.15) is 50.7 Å². The van der Waals surface area contributed by atoms with E-state index in [9.17, 15) is 14.4 Å². The Morgan fingerprint density at radius 2 is 2.13 bits per heavy atom. The van der Waals surface area contributed by atoms with E-state index >= 15 is 0 Å². The summed E-state index contributed by atoms with van der Waals surface area (Å²) in [6.07, 6.45) is 6.18. The first-order valence-corrected chi connectivity index (χ1v) is 10.8. The maximum atomic E-state index is 13.0. The molecular formula is C23H30N4O3. The number of fused-ring (bicyclic) bond motifs is 1. The Morgan fingerprint density at radius 3 is 2.90 bits per heavy atom. The van der Waals surface area contributed by atoms with Gasteiger partial charge in [0.2, 0.25) is 5.91 Å². The number of nitrogens with zero attached hydrogens (tertiary/aromatic N) is 1. The second kappa shape index (κ2) is 7.78. The number of rotatable bonds is 5. The third-order valence-corrected chi connectivity index (χ3v) is 6.75. The van der Waals surface area contributed by atoms with E-state index in [-0.39, 0.29) is 30.3 Å². The minimum atomic E-state index is -0.830. The molecule has 3 atom stereocenters. The lowest BCUT2D eigenvalue weighted by Gasteiger charge is -2.36. The molecule has 1 aliphatic carbocycles. The van der Waals surface area contributed by atoms with Crippen molar-refractivity contribution in [3.8, 4) is 0 Å². The summed E-state index contributed by atoms with van der Waals surface area (Å²) in [5.74, 6) is -0.489. The van der Waals surface area contributed by atoms with Gasteiger partial charge in [-0.3, -0.25) is 14.5 Å². The SMILES string of the molecule is Cc1cccc2c(C[C@H](C)NC(=O)CN3C(=O)N[C@@]4(CCCC[C@@H]4C)C3=O)c[nH]c12. The van der Waals surface area contributed by atoms with Gasteiger partial charge in [0.1, 0.15) is 12.1 Å². The third-order valence-electron chi connectivity index (χ3n) is 6.75. The first-order valence-electron chi connectivity index (χ1n) is 10.8. The molecule has 1 aromatic carbocycles. The number of urea groups is 1. The Morgan fingerprint density at radius 1 is 1.33 bits per heavy atom. The van der Waals surface area contributed by atoms with E-state index in [0.717, 1.165) is 40.6 Å². The van der Waals surface area contributed by atoms with Crippen LogP contribution in [0.5, 0.6) is 0 Å². The standard InChI is InChI=1S/C23H30N4O3/c1-14-7-6-9-18-17(12-24-20(14)18)11-16(3)25-19(28)13-27-21(29)23(26-22(27)30)10-5-4-8-15(23)2/h6-7,9,12,15-16,24H,4-5,8,10-11,13H2,1-3H3,(H,25,28)(H,26,30)/t15-,16-,23+/m0/s1. The van der Waals surface area contributed by atoms with Gasteiger partial charge in [-0.15, -0.1) is 0 Å². The molecule has 0 bridgehead atoms. The number of imide groups is 1. The Balaban J connectivity index is 1.39. The maximum absolute atomic E-state index is 13.0. The van der Waals surface area contributed by atoms with Crippen LogP contribution in [-0.2, 0) is 16.0 Å². The van der Waals surface area contributed by atoms with Crippen LogP contribution >= 0.6 is 0 Å². The first-order chi connectivity index (χ1) is 14.3. The van der Waals surface area contributed by atoms with Crippen molar-refractivity contribution in [2.75, 3.05) is 6.54 Å². The highest BCUT2D eigenvalue weighted by Crippen LogP contribution is 2.38. The number of hydrogen-bond acceptors (Lipinski definition) is 3. The summed E-state index contributed by atoms with van der Waals surface area (Å²) in [6.45, 7) is 5.76. The van der Waals surface area contributed by atoms with Crippen molar-refractivity contribution in [2.24, 2.45) is 5.92 Å². The van der Waals surface area contributed by atoms with Crippen LogP contribution in [0.15, 0.2) is 24.4 Å². The maximum Gasteiger partial charge on any atom is 0.325 e. The lowest BCUT2D eigenvalue weighted by Crippen LogP contribution is -2.54. The highest BCUT2D eigenvalue weighted by atomic mass is 16.2. The molecule has 1 aromatic heterocycles. The van der Waals surface area contributed by atoms with Gasteiger partial charge in [-0.2, -0.15) is 0 Å². The number of aromatic amines is 1. The first kappa shape index (κ1) is 20.4. The zero-order chi connectivity index (χ0) is 21.5. The van der Waals surface area contributed by atoms with Crippen molar-refractivity contribution in [2.45, 2.75) is 64.5 Å². The van der Waals surface area contributed by atoms with Crippen molar-refractivity contribution in [1.82, 2.24) is 20.5 Å². The van der Waals surface area contributed by atoms with Crippen LogP contribution in [0.3, 0.4) is 0 Å². The molecule has 2 heterocycles. The van der Waals surface area contributed by atoms with Gasteiger partial charge in [0.15, 0.2) is 0 Å². The number of carbonyl (C=O) groups excluding carboxylic acids is 3. The summed E-state index contributed by atoms with van der Waals surface area (Å²) in [4.78, 5) is 42.5. The normalized spacial score (nSPS) is 25.0. The van der Waals surface area contributed by atoms with Gasteiger partial charge in [0.25, 0.3) is 5.91 Å². The highest BCUT2D eigenvalue weighted by Gasteiger charge is 2.55. The molecule has 0 unspecified atom stereocenters. The fraction of sp³-hybridized carbons (Fsp3) is 0.522. The van der Waals surface area contributed by atoms with Gasteiger partial charge < -0.3 is 15.6 Å². The number of aromatic nitrogens is 1. The molecule has 2 aliphatic rings. The van der Waals surface area contributed by atoms with E-state index in [0.29, 0.717) is 12.8 Å². The van der Waals surface area contributed by atoms with Gasteiger partial charge in [0, 0.05) is 23.1 Å². The zero-order valence-electron chi connectivity index (χ0n) is 17.9. The lowest BCUT2D eigenvalue weighted by molar-refractivity contribution is -0.137. The average Bonchev–Trinajstić information content (AvgIpc) is 3.20. The van der Waals surface area contributed by atoms with E-state index in [1.165, 1.54) is 5.56 Å². The van der Waals surface area contributed by atoms with Crippen LogP contribution in [0.25, 0.3) is 10.9 Å². The number of para-hydroxylation sites is 1. The summed E-state index contributed by atoms with van der Waals surface area (Å²) in [7, 11) is 0. The Hall–Kier alpha value is -2.83. The number of aryl methyl sites for hydroxylation is 1. The van der Waals surface area contributed by atoms with Gasteiger partial charge in [-0.25, -0.2) is 4.79 Å². The number of hydrogen-bond donors (Lipinski definition) is 3. The Bertz CT molecular complexity index is 997. The summed E-state index contributed by atoms with van der Waals surface area (Å²) in [6, 6.07) is 5.58. The minimum absolute atomic E-state index is 0.0833. The molecule has 4 amide bonds. The molecule has 7 nitrogen and oxygen atoms in total. The summed E-state index contributed by atoms with van der Waals surface area (Å²) in [5, 5.41) is 6.99. The van der Waals surface area contributed by atoms with E-state index < -0.39 is 11.6 Å². The van der Waals surface area contributed by atoms with Crippen molar-refractivity contribution < 1.29 is 14.4 Å². The number of H-pyrrole nitrogens is 1. The van der Waals surface area contributed by atoms with Crippen LogP contribution < -0.4 is 10.6 Å². The monoisotopic (exact) mass is 410 g/mol. The van der Waals surface area contributed by atoms with Crippen LogP contribution in [0.4, 0.5) is 4.79 Å². The summed E-state index contributed by atoms with van der Waals surface area (Å²) in [5.41, 5.74) is 2.59. The average molecular weight is 411 g/mol. The topological polar surface area (TPSA) is 94.3 Å². The fourth-order valence-electron chi connectivity index (χ4n) is 5.02. The summed E-state index contributed by atoms with van der Waals surface area (Å²) < 4.78 is 0. The van der Waals surface area contributed by atoms with E-state index in [4.69, 9.17) is 0 Å². The molecule has 1 saturated heterocycles. The predicted molar refractivity (Wildman–Crippen MR) is 115 cm³/mol. The van der Waals surface area contributed by atoms with Crippen LogP contribution in [-0.4, -0.2) is 45.9 Å². The molecule has 2 fully saturated rings. The molecule has 3 N–H and O–H groups in total. The molecule has 1 saturated carbocycles. The van der Waals surface area contributed by atoms with Gasteiger partial charge in [-0.1, -0.05) is 38.0 Å². The Kier molecular flexibility index (Phi) is 5.30. The van der Waals surface area contributed by atoms with Crippen LogP contribution in [0.2, 0.25) is 0 Å². The molecule has 30 heavy (non-hydrogen) atoms. The molecular weight excluding hydrogens is 380 g/mol. The van der Waals surface area contributed by atoms with Crippen molar-refractivity contribution in [3.63, 3.8) is 0 Å². The molecule has 0 radical (unpaired) electrons. The molecule has 160 valence electrons. The van der Waals surface area contributed by atoms with E-state index in [1.54, 1.807) is 0 Å². The quantitative estimate of drug-likeness (QED) is 0.662.